The Hall–Kier alpha value is -3.36. The number of benzene rings is 2. The van der Waals surface area contributed by atoms with E-state index in [2.05, 4.69) is 10.3 Å². The van der Waals surface area contributed by atoms with Crippen molar-refractivity contribution in [1.82, 2.24) is 9.55 Å². The number of rotatable bonds is 6. The molecule has 0 saturated carbocycles. The second kappa shape index (κ2) is 9.25. The Balaban J connectivity index is 1.73. The van der Waals surface area contributed by atoms with Crippen LogP contribution in [0.15, 0.2) is 52.9 Å². The molecule has 0 spiro atoms. The molecule has 0 radical (unpaired) electrons. The van der Waals surface area contributed by atoms with Gasteiger partial charge in [0.2, 0.25) is 5.91 Å². The van der Waals surface area contributed by atoms with Crippen molar-refractivity contribution in [2.75, 3.05) is 19.5 Å². The molecule has 2 heterocycles. The molecule has 7 nitrogen and oxygen atoms in total. The maximum atomic E-state index is 13.5. The molecule has 0 fully saturated rings. The molecule has 0 bridgehead atoms. The summed E-state index contributed by atoms with van der Waals surface area (Å²) in [5.74, 6) is 0.813. The number of thiophene rings is 1. The van der Waals surface area contributed by atoms with E-state index in [0.717, 1.165) is 16.7 Å². The molecule has 9 heteroatoms. The van der Waals surface area contributed by atoms with Crippen molar-refractivity contribution in [3.8, 4) is 22.6 Å². The number of hydrogen-bond acceptors (Lipinski definition) is 6. The normalized spacial score (nSPS) is 11.9. The molecule has 1 N–H and O–H groups in total. The van der Waals surface area contributed by atoms with E-state index in [9.17, 15) is 9.59 Å². The molecule has 170 valence electrons. The van der Waals surface area contributed by atoms with Gasteiger partial charge in [-0.2, -0.15) is 0 Å². The van der Waals surface area contributed by atoms with Gasteiger partial charge in [-0.25, -0.2) is 4.98 Å². The van der Waals surface area contributed by atoms with Gasteiger partial charge < -0.3 is 14.8 Å². The molecular formula is C24H22ClN3O4S. The molecule has 0 saturated heterocycles. The van der Waals surface area contributed by atoms with E-state index in [1.54, 1.807) is 45.4 Å². The predicted octanol–water partition coefficient (Wildman–Crippen LogP) is 5.30. The van der Waals surface area contributed by atoms with Crippen molar-refractivity contribution in [2.24, 2.45) is 0 Å². The van der Waals surface area contributed by atoms with Crippen LogP contribution >= 0.6 is 22.9 Å². The smallest absolute Gasteiger partial charge is 0.263 e. The molecule has 1 unspecified atom stereocenters. The highest BCUT2D eigenvalue weighted by molar-refractivity contribution is 7.17. The Bertz CT molecular complexity index is 1410. The number of amides is 1. The van der Waals surface area contributed by atoms with Crippen LogP contribution in [-0.2, 0) is 4.79 Å². The quantitative estimate of drug-likeness (QED) is 0.402. The lowest BCUT2D eigenvalue weighted by atomic mass is 10.1. The molecule has 0 aliphatic carbocycles. The average Bonchev–Trinajstić information content (AvgIpc) is 3.26. The Morgan fingerprint density at radius 1 is 1.18 bits per heavy atom. The molecule has 2 aromatic carbocycles. The summed E-state index contributed by atoms with van der Waals surface area (Å²) in [7, 11) is 3.13. The summed E-state index contributed by atoms with van der Waals surface area (Å²) < 4.78 is 12.1. The van der Waals surface area contributed by atoms with Crippen LogP contribution < -0.4 is 20.3 Å². The van der Waals surface area contributed by atoms with E-state index in [-0.39, 0.29) is 11.5 Å². The standard InChI is InChI=1S/C24H22ClN3O4S/c1-13-17(25)6-5-7-18(13)27-22(29)14(2)28-12-26-23-21(24(28)30)16(11-33-23)15-8-9-19(31-3)20(10-15)32-4/h5-12,14H,1-4H3,(H,27,29). The van der Waals surface area contributed by atoms with Gasteiger partial charge in [-0.3, -0.25) is 14.2 Å². The van der Waals surface area contributed by atoms with Crippen LogP contribution in [0.1, 0.15) is 18.5 Å². The molecule has 4 aromatic rings. The number of carbonyl (C=O) groups is 1. The molecule has 1 amide bonds. The lowest BCUT2D eigenvalue weighted by Crippen LogP contribution is -2.31. The van der Waals surface area contributed by atoms with Crippen molar-refractivity contribution in [3.63, 3.8) is 0 Å². The molecule has 2 aromatic heterocycles. The Kier molecular flexibility index (Phi) is 6.40. The summed E-state index contributed by atoms with van der Waals surface area (Å²) in [6.45, 7) is 3.48. The summed E-state index contributed by atoms with van der Waals surface area (Å²) in [6.07, 6.45) is 1.41. The second-order valence-electron chi connectivity index (χ2n) is 7.43. The number of methoxy groups -OCH3 is 2. The third kappa shape index (κ3) is 4.19. The zero-order chi connectivity index (χ0) is 23.7. The largest absolute Gasteiger partial charge is 0.493 e. The molecular weight excluding hydrogens is 462 g/mol. The maximum absolute atomic E-state index is 13.5. The van der Waals surface area contributed by atoms with Crippen LogP contribution in [0.3, 0.4) is 0 Å². The predicted molar refractivity (Wildman–Crippen MR) is 132 cm³/mol. The first kappa shape index (κ1) is 22.8. The highest BCUT2D eigenvalue weighted by atomic mass is 35.5. The Morgan fingerprint density at radius 3 is 2.67 bits per heavy atom. The number of anilines is 1. The van der Waals surface area contributed by atoms with Gasteiger partial charge in [0.25, 0.3) is 5.56 Å². The van der Waals surface area contributed by atoms with Gasteiger partial charge in [-0.05, 0) is 49.2 Å². The number of hydrogen-bond donors (Lipinski definition) is 1. The number of nitrogens with one attached hydrogen (secondary N) is 1. The lowest BCUT2D eigenvalue weighted by molar-refractivity contribution is -0.118. The van der Waals surface area contributed by atoms with Gasteiger partial charge in [0.05, 0.1) is 25.9 Å². The van der Waals surface area contributed by atoms with E-state index in [1.807, 2.05) is 24.4 Å². The van der Waals surface area contributed by atoms with E-state index in [4.69, 9.17) is 21.1 Å². The van der Waals surface area contributed by atoms with Crippen molar-refractivity contribution >= 4 is 44.7 Å². The Morgan fingerprint density at radius 2 is 1.94 bits per heavy atom. The SMILES string of the molecule is COc1ccc(-c2csc3ncn(C(C)C(=O)Nc4cccc(Cl)c4C)c(=O)c23)cc1OC. The van der Waals surface area contributed by atoms with Crippen LogP contribution in [-0.4, -0.2) is 29.7 Å². The topological polar surface area (TPSA) is 82.5 Å². The van der Waals surface area contributed by atoms with Crippen molar-refractivity contribution in [3.05, 3.63) is 69.0 Å². The van der Waals surface area contributed by atoms with Gasteiger partial charge in [-0.1, -0.05) is 23.7 Å². The molecule has 0 aliphatic heterocycles. The third-order valence-corrected chi connectivity index (χ3v) is 6.83. The zero-order valence-corrected chi connectivity index (χ0v) is 20.1. The Labute approximate surface area is 199 Å². The van der Waals surface area contributed by atoms with Crippen LogP contribution in [0.4, 0.5) is 5.69 Å². The fourth-order valence-electron chi connectivity index (χ4n) is 3.54. The molecule has 4 rings (SSSR count). The van der Waals surface area contributed by atoms with E-state index in [1.165, 1.54) is 22.2 Å². The monoisotopic (exact) mass is 483 g/mol. The fraction of sp³-hybridized carbons (Fsp3) is 0.208. The summed E-state index contributed by atoms with van der Waals surface area (Å²) in [5, 5.41) is 5.74. The minimum absolute atomic E-state index is 0.295. The van der Waals surface area contributed by atoms with Gasteiger partial charge in [0.15, 0.2) is 11.5 Å². The number of fused-ring (bicyclic) bond motifs is 1. The van der Waals surface area contributed by atoms with E-state index >= 15 is 0 Å². The first-order chi connectivity index (χ1) is 15.8. The van der Waals surface area contributed by atoms with Gasteiger partial charge in [0.1, 0.15) is 10.9 Å². The summed E-state index contributed by atoms with van der Waals surface area (Å²) in [6, 6.07) is 9.96. The third-order valence-electron chi connectivity index (χ3n) is 5.54. The van der Waals surface area contributed by atoms with Crippen LogP contribution in [0, 0.1) is 6.92 Å². The molecule has 0 aliphatic rings. The van der Waals surface area contributed by atoms with E-state index in [0.29, 0.717) is 32.4 Å². The minimum atomic E-state index is -0.786. The first-order valence-electron chi connectivity index (χ1n) is 10.1. The first-order valence-corrected chi connectivity index (χ1v) is 11.4. The maximum Gasteiger partial charge on any atom is 0.263 e. The van der Waals surface area contributed by atoms with Crippen molar-refractivity contribution in [1.29, 1.82) is 0 Å². The van der Waals surface area contributed by atoms with Gasteiger partial charge >= 0.3 is 0 Å². The van der Waals surface area contributed by atoms with Crippen LogP contribution in [0.25, 0.3) is 21.3 Å². The highest BCUT2D eigenvalue weighted by Gasteiger charge is 2.21. The average molecular weight is 484 g/mol. The number of ether oxygens (including phenoxy) is 2. The van der Waals surface area contributed by atoms with Crippen molar-refractivity contribution in [2.45, 2.75) is 19.9 Å². The number of nitrogens with zero attached hydrogens (tertiary/aromatic N) is 2. The summed E-state index contributed by atoms with van der Waals surface area (Å²) >= 11 is 7.53. The zero-order valence-electron chi connectivity index (χ0n) is 18.5. The minimum Gasteiger partial charge on any atom is -0.493 e. The molecule has 1 atom stereocenters. The second-order valence-corrected chi connectivity index (χ2v) is 8.70. The van der Waals surface area contributed by atoms with Crippen molar-refractivity contribution < 1.29 is 14.3 Å². The number of halogens is 1. The fourth-order valence-corrected chi connectivity index (χ4v) is 4.63. The molecule has 33 heavy (non-hydrogen) atoms. The van der Waals surface area contributed by atoms with Gasteiger partial charge in [0, 0.05) is 21.7 Å². The summed E-state index contributed by atoms with van der Waals surface area (Å²) in [5.41, 5.74) is 2.58. The number of carbonyl (C=O) groups excluding carboxylic acids is 1. The summed E-state index contributed by atoms with van der Waals surface area (Å²) in [4.78, 5) is 31.4. The van der Waals surface area contributed by atoms with Gasteiger partial charge in [-0.15, -0.1) is 11.3 Å². The number of aromatic nitrogens is 2. The lowest BCUT2D eigenvalue weighted by Gasteiger charge is -2.16. The van der Waals surface area contributed by atoms with Crippen LogP contribution in [0.2, 0.25) is 5.02 Å². The van der Waals surface area contributed by atoms with E-state index < -0.39 is 6.04 Å². The highest BCUT2D eigenvalue weighted by Crippen LogP contribution is 2.36. The van der Waals surface area contributed by atoms with Crippen LogP contribution in [0.5, 0.6) is 11.5 Å².